The number of ether oxygens (including phenoxy) is 1. The van der Waals surface area contributed by atoms with Crippen LogP contribution in [-0.2, 0) is 6.42 Å². The Morgan fingerprint density at radius 2 is 1.61 bits per heavy atom. The summed E-state index contributed by atoms with van der Waals surface area (Å²) < 4.78 is 19.6. The largest absolute Gasteiger partial charge is 0.508 e. The Morgan fingerprint density at radius 1 is 0.879 bits per heavy atom. The molecule has 1 heterocycles. The van der Waals surface area contributed by atoms with E-state index in [2.05, 4.69) is 29.2 Å². The standard InChI is InChI=1S/C29H32FNO2/c30-24-9-4-21(5-10-24)27-14-8-23-20-25(32)11-15-28(23)29(27)22-6-12-26(13-7-22)33-19-18-31-16-2-1-3-17-31/h4-7,9-13,15,20,27,29,32H,1-3,8,14,16-19H2/t27-,29+/m1/s1. The van der Waals surface area contributed by atoms with Gasteiger partial charge in [0.2, 0.25) is 0 Å². The van der Waals surface area contributed by atoms with Crippen LogP contribution >= 0.6 is 0 Å². The second-order valence-corrected chi connectivity index (χ2v) is 9.38. The number of phenolic OH excluding ortho intramolecular Hbond substituents is 1. The number of halogens is 1. The highest BCUT2D eigenvalue weighted by atomic mass is 19.1. The van der Waals surface area contributed by atoms with Crippen molar-refractivity contribution in [2.75, 3.05) is 26.2 Å². The predicted molar refractivity (Wildman–Crippen MR) is 130 cm³/mol. The molecule has 0 unspecified atom stereocenters. The number of hydrogen-bond donors (Lipinski definition) is 1. The molecule has 0 amide bonds. The third kappa shape index (κ3) is 5.06. The van der Waals surface area contributed by atoms with Crippen LogP contribution < -0.4 is 4.74 Å². The molecule has 1 aliphatic heterocycles. The minimum atomic E-state index is -0.206. The van der Waals surface area contributed by atoms with Gasteiger partial charge >= 0.3 is 0 Å². The van der Waals surface area contributed by atoms with Gasteiger partial charge in [0.05, 0.1) is 0 Å². The summed E-state index contributed by atoms with van der Waals surface area (Å²) in [7, 11) is 0. The fourth-order valence-corrected chi connectivity index (χ4v) is 5.53. The van der Waals surface area contributed by atoms with Crippen LogP contribution in [0.5, 0.6) is 11.5 Å². The van der Waals surface area contributed by atoms with Gasteiger partial charge in [-0.25, -0.2) is 4.39 Å². The molecule has 0 spiro atoms. The lowest BCUT2D eigenvalue weighted by Crippen LogP contribution is -2.33. The van der Waals surface area contributed by atoms with Gasteiger partial charge in [-0.05, 0) is 103 Å². The highest BCUT2D eigenvalue weighted by Gasteiger charge is 2.32. The van der Waals surface area contributed by atoms with E-state index < -0.39 is 0 Å². The van der Waals surface area contributed by atoms with Gasteiger partial charge in [0, 0.05) is 12.5 Å². The van der Waals surface area contributed by atoms with Crippen molar-refractivity contribution in [3.63, 3.8) is 0 Å². The average molecular weight is 446 g/mol. The molecule has 4 heteroatoms. The van der Waals surface area contributed by atoms with Gasteiger partial charge in [0.1, 0.15) is 23.9 Å². The summed E-state index contributed by atoms with van der Waals surface area (Å²) in [4.78, 5) is 2.49. The van der Waals surface area contributed by atoms with Crippen molar-refractivity contribution in [2.24, 2.45) is 0 Å². The summed E-state index contributed by atoms with van der Waals surface area (Å²) in [6.07, 6.45) is 5.80. The Labute approximate surface area is 195 Å². The summed E-state index contributed by atoms with van der Waals surface area (Å²) in [5.41, 5.74) is 4.81. The highest BCUT2D eigenvalue weighted by Crippen LogP contribution is 2.47. The molecule has 2 aliphatic rings. The van der Waals surface area contributed by atoms with Gasteiger partial charge in [0.15, 0.2) is 0 Å². The number of piperidine rings is 1. The van der Waals surface area contributed by atoms with Crippen LogP contribution in [0.4, 0.5) is 4.39 Å². The molecule has 1 N–H and O–H groups in total. The first-order chi connectivity index (χ1) is 16.2. The van der Waals surface area contributed by atoms with Crippen molar-refractivity contribution in [3.05, 3.63) is 94.8 Å². The molecule has 0 saturated carbocycles. The second-order valence-electron chi connectivity index (χ2n) is 9.38. The second kappa shape index (κ2) is 9.96. The molecule has 1 saturated heterocycles. The predicted octanol–water partition coefficient (Wildman–Crippen LogP) is 6.26. The van der Waals surface area contributed by atoms with Gasteiger partial charge < -0.3 is 9.84 Å². The SMILES string of the molecule is Oc1ccc2c(c1)CC[C@H](c1ccc(F)cc1)[C@@H]2c1ccc(OCCN2CCCCC2)cc1. The molecular formula is C29H32FNO2. The molecule has 1 fully saturated rings. The summed E-state index contributed by atoms with van der Waals surface area (Å²) in [6.45, 7) is 4.06. The minimum absolute atomic E-state index is 0.155. The Kier molecular flexibility index (Phi) is 6.63. The number of benzene rings is 3. The quantitative estimate of drug-likeness (QED) is 0.486. The average Bonchev–Trinajstić information content (AvgIpc) is 2.85. The van der Waals surface area contributed by atoms with Gasteiger partial charge in [-0.1, -0.05) is 36.8 Å². The zero-order valence-electron chi connectivity index (χ0n) is 19.1. The highest BCUT2D eigenvalue weighted by molar-refractivity contribution is 5.48. The molecule has 3 nitrogen and oxygen atoms in total. The van der Waals surface area contributed by atoms with Gasteiger partial charge in [0.25, 0.3) is 0 Å². The third-order valence-electron chi connectivity index (χ3n) is 7.25. The molecule has 172 valence electrons. The summed E-state index contributed by atoms with van der Waals surface area (Å²) in [6, 6.07) is 21.1. The van der Waals surface area contributed by atoms with E-state index in [9.17, 15) is 9.50 Å². The van der Waals surface area contributed by atoms with Crippen LogP contribution in [0.3, 0.4) is 0 Å². The van der Waals surface area contributed by atoms with E-state index in [0.717, 1.165) is 30.7 Å². The van der Waals surface area contributed by atoms with E-state index in [0.29, 0.717) is 12.4 Å². The normalized spacial score (nSPS) is 20.9. The maximum absolute atomic E-state index is 13.6. The van der Waals surface area contributed by atoms with Crippen LogP contribution in [0.25, 0.3) is 0 Å². The Morgan fingerprint density at radius 3 is 2.36 bits per heavy atom. The first-order valence-corrected chi connectivity index (χ1v) is 12.2. The van der Waals surface area contributed by atoms with Crippen molar-refractivity contribution in [1.29, 1.82) is 0 Å². The zero-order valence-corrected chi connectivity index (χ0v) is 19.1. The molecule has 0 radical (unpaired) electrons. The van der Waals surface area contributed by atoms with Crippen LogP contribution in [0, 0.1) is 5.82 Å². The summed E-state index contributed by atoms with van der Waals surface area (Å²) in [5.74, 6) is 1.42. The molecule has 3 aromatic carbocycles. The zero-order chi connectivity index (χ0) is 22.6. The van der Waals surface area contributed by atoms with Gasteiger partial charge in [-0.3, -0.25) is 4.90 Å². The van der Waals surface area contributed by atoms with Gasteiger partial charge in [-0.15, -0.1) is 0 Å². The monoisotopic (exact) mass is 445 g/mol. The maximum Gasteiger partial charge on any atom is 0.123 e. The summed E-state index contributed by atoms with van der Waals surface area (Å²) >= 11 is 0. The van der Waals surface area contributed by atoms with Gasteiger partial charge in [-0.2, -0.15) is 0 Å². The van der Waals surface area contributed by atoms with Crippen LogP contribution in [0.15, 0.2) is 66.7 Å². The topological polar surface area (TPSA) is 32.7 Å². The van der Waals surface area contributed by atoms with Crippen molar-refractivity contribution >= 4 is 0 Å². The Balaban J connectivity index is 1.36. The van der Waals surface area contributed by atoms with Crippen molar-refractivity contribution in [3.8, 4) is 11.5 Å². The lowest BCUT2D eigenvalue weighted by atomic mass is 9.69. The lowest BCUT2D eigenvalue weighted by Gasteiger charge is -2.35. The number of aromatic hydroxyl groups is 1. The molecular weight excluding hydrogens is 413 g/mol. The van der Waals surface area contributed by atoms with Crippen LogP contribution in [-0.4, -0.2) is 36.2 Å². The van der Waals surface area contributed by atoms with E-state index in [1.807, 2.05) is 24.3 Å². The molecule has 33 heavy (non-hydrogen) atoms. The van der Waals surface area contributed by atoms with E-state index in [-0.39, 0.29) is 17.7 Å². The van der Waals surface area contributed by atoms with Crippen LogP contribution in [0.2, 0.25) is 0 Å². The van der Waals surface area contributed by atoms with Crippen molar-refractivity contribution in [2.45, 2.75) is 43.9 Å². The van der Waals surface area contributed by atoms with E-state index in [1.54, 1.807) is 18.2 Å². The number of rotatable bonds is 6. The molecule has 2 atom stereocenters. The van der Waals surface area contributed by atoms with Crippen molar-refractivity contribution < 1.29 is 14.2 Å². The first-order valence-electron chi connectivity index (χ1n) is 12.2. The number of nitrogens with zero attached hydrogens (tertiary/aromatic N) is 1. The molecule has 1 aliphatic carbocycles. The van der Waals surface area contributed by atoms with E-state index >= 15 is 0 Å². The van der Waals surface area contributed by atoms with Crippen molar-refractivity contribution in [1.82, 2.24) is 4.90 Å². The molecule has 3 aromatic rings. The smallest absolute Gasteiger partial charge is 0.123 e. The summed E-state index contributed by atoms with van der Waals surface area (Å²) in [5, 5.41) is 10.0. The number of aryl methyl sites for hydroxylation is 1. The molecule has 5 rings (SSSR count). The first kappa shape index (κ1) is 22.0. The number of phenols is 1. The molecule has 0 bridgehead atoms. The fourth-order valence-electron chi connectivity index (χ4n) is 5.53. The Bertz CT molecular complexity index is 1060. The third-order valence-corrected chi connectivity index (χ3v) is 7.25. The number of hydrogen-bond acceptors (Lipinski definition) is 3. The lowest BCUT2D eigenvalue weighted by molar-refractivity contribution is 0.183. The molecule has 0 aromatic heterocycles. The maximum atomic E-state index is 13.6. The van der Waals surface area contributed by atoms with E-state index in [1.165, 1.54) is 49.0 Å². The van der Waals surface area contributed by atoms with Crippen LogP contribution in [0.1, 0.15) is 59.8 Å². The number of likely N-dealkylation sites (tertiary alicyclic amines) is 1. The minimum Gasteiger partial charge on any atom is -0.508 e. The fraction of sp³-hybridized carbons (Fsp3) is 0.379. The Hall–Kier alpha value is -2.85. The van der Waals surface area contributed by atoms with E-state index in [4.69, 9.17) is 4.74 Å². The number of fused-ring (bicyclic) bond motifs is 1.